The molecule has 13 heavy (non-hydrogen) atoms. The summed E-state index contributed by atoms with van der Waals surface area (Å²) in [6, 6.07) is 0. The van der Waals surface area contributed by atoms with Gasteiger partial charge in [-0.05, 0) is 0 Å². The highest BCUT2D eigenvalue weighted by Gasteiger charge is 2.59. The monoisotopic (exact) mass is 210 g/mol. The summed E-state index contributed by atoms with van der Waals surface area (Å²) in [5.41, 5.74) is 0. The molecule has 0 radical (unpaired) electrons. The number of rotatable bonds is 2. The molecule has 0 bridgehead atoms. The smallest absolute Gasteiger partial charge is 0.399 e. The number of carbonyl (C=O) groups excluding carboxylic acids is 1. The zero-order valence-corrected chi connectivity index (χ0v) is 6.16. The van der Waals surface area contributed by atoms with Crippen molar-refractivity contribution >= 4 is 5.97 Å². The van der Waals surface area contributed by atoms with Gasteiger partial charge >= 0.3 is 18.3 Å². The van der Waals surface area contributed by atoms with E-state index in [1.807, 2.05) is 0 Å². The lowest BCUT2D eigenvalue weighted by Gasteiger charge is -2.21. The lowest BCUT2D eigenvalue weighted by molar-refractivity contribution is -0.321. The average molecular weight is 210 g/mol. The standard InChI is InChI=1S/C5H4F6O2/c1-2(12)13-5(10,11)3(6)4(7,8)9/h3H,1H3. The quantitative estimate of drug-likeness (QED) is 0.515. The third-order valence-electron chi connectivity index (χ3n) is 0.862. The molecule has 0 aliphatic rings. The van der Waals surface area contributed by atoms with Crippen molar-refractivity contribution in [3.63, 3.8) is 0 Å². The molecule has 78 valence electrons. The van der Waals surface area contributed by atoms with Crippen LogP contribution in [-0.4, -0.2) is 24.4 Å². The van der Waals surface area contributed by atoms with Crippen molar-refractivity contribution in [1.29, 1.82) is 0 Å². The summed E-state index contributed by atoms with van der Waals surface area (Å²) in [4.78, 5) is 9.85. The van der Waals surface area contributed by atoms with E-state index >= 15 is 0 Å². The second-order valence-electron chi connectivity index (χ2n) is 2.06. The van der Waals surface area contributed by atoms with Crippen molar-refractivity contribution in [2.24, 2.45) is 0 Å². The highest BCUT2D eigenvalue weighted by Crippen LogP contribution is 2.35. The van der Waals surface area contributed by atoms with Gasteiger partial charge in [-0.2, -0.15) is 22.0 Å². The molecule has 1 atom stereocenters. The number of hydrogen-bond donors (Lipinski definition) is 0. The van der Waals surface area contributed by atoms with Crippen LogP contribution in [0.1, 0.15) is 6.92 Å². The van der Waals surface area contributed by atoms with Crippen LogP contribution in [-0.2, 0) is 9.53 Å². The maximum atomic E-state index is 12.0. The number of hydrogen-bond acceptors (Lipinski definition) is 2. The van der Waals surface area contributed by atoms with Gasteiger partial charge in [0.2, 0.25) is 0 Å². The maximum Gasteiger partial charge on any atom is 0.441 e. The van der Waals surface area contributed by atoms with Gasteiger partial charge in [-0.3, -0.25) is 4.79 Å². The van der Waals surface area contributed by atoms with E-state index in [4.69, 9.17) is 0 Å². The van der Waals surface area contributed by atoms with Gasteiger partial charge < -0.3 is 4.74 Å². The average Bonchev–Trinajstić information content (AvgIpc) is 1.80. The minimum atomic E-state index is -5.76. The van der Waals surface area contributed by atoms with Crippen LogP contribution in [0.3, 0.4) is 0 Å². The zero-order chi connectivity index (χ0) is 10.9. The summed E-state index contributed by atoms with van der Waals surface area (Å²) in [5.74, 6) is -1.70. The minimum Gasteiger partial charge on any atom is -0.399 e. The summed E-state index contributed by atoms with van der Waals surface area (Å²) in [5, 5.41) is 0. The number of carbonyl (C=O) groups is 1. The molecule has 0 saturated heterocycles. The van der Waals surface area contributed by atoms with Gasteiger partial charge in [-0.1, -0.05) is 0 Å². The van der Waals surface area contributed by atoms with E-state index in [1.54, 1.807) is 0 Å². The Balaban J connectivity index is 4.54. The Morgan fingerprint density at radius 1 is 1.23 bits per heavy atom. The second-order valence-corrected chi connectivity index (χ2v) is 2.06. The lowest BCUT2D eigenvalue weighted by Crippen LogP contribution is -2.44. The van der Waals surface area contributed by atoms with E-state index in [0.29, 0.717) is 6.92 Å². The van der Waals surface area contributed by atoms with Gasteiger partial charge in [0.1, 0.15) is 0 Å². The van der Waals surface area contributed by atoms with Crippen LogP contribution in [0.25, 0.3) is 0 Å². The number of esters is 1. The van der Waals surface area contributed by atoms with Crippen LogP contribution in [0.15, 0.2) is 0 Å². The summed E-state index contributed by atoms with van der Waals surface area (Å²) in [7, 11) is 0. The highest BCUT2D eigenvalue weighted by molar-refractivity contribution is 5.66. The molecule has 0 aromatic carbocycles. The number of halogens is 6. The molecule has 0 aromatic rings. The Morgan fingerprint density at radius 2 is 1.62 bits per heavy atom. The molecule has 1 unspecified atom stereocenters. The first-order chi connectivity index (χ1) is 5.57. The third-order valence-corrected chi connectivity index (χ3v) is 0.862. The first-order valence-electron chi connectivity index (χ1n) is 2.85. The fourth-order valence-electron chi connectivity index (χ4n) is 0.434. The topological polar surface area (TPSA) is 26.3 Å². The van der Waals surface area contributed by atoms with Gasteiger partial charge in [0.25, 0.3) is 6.17 Å². The van der Waals surface area contributed by atoms with Crippen LogP contribution in [0.2, 0.25) is 0 Å². The largest absolute Gasteiger partial charge is 0.441 e. The molecule has 2 nitrogen and oxygen atoms in total. The highest BCUT2D eigenvalue weighted by atomic mass is 19.4. The molecule has 0 fully saturated rings. The lowest BCUT2D eigenvalue weighted by atomic mass is 10.3. The van der Waals surface area contributed by atoms with Crippen molar-refractivity contribution in [1.82, 2.24) is 0 Å². The van der Waals surface area contributed by atoms with E-state index in [2.05, 4.69) is 4.74 Å². The normalized spacial score (nSPS) is 15.3. The molecule has 0 spiro atoms. The third kappa shape index (κ3) is 3.51. The first-order valence-corrected chi connectivity index (χ1v) is 2.85. The van der Waals surface area contributed by atoms with Crippen LogP contribution in [0, 0.1) is 0 Å². The van der Waals surface area contributed by atoms with Gasteiger partial charge in [0.15, 0.2) is 0 Å². The molecule has 0 amide bonds. The summed E-state index contributed by atoms with van der Waals surface area (Å²) < 4.78 is 72.9. The van der Waals surface area contributed by atoms with Gasteiger partial charge in [0, 0.05) is 6.92 Å². The molecule has 0 heterocycles. The van der Waals surface area contributed by atoms with E-state index in [0.717, 1.165) is 0 Å². The molecule has 0 aromatic heterocycles. The molecule has 0 aliphatic carbocycles. The van der Waals surface area contributed by atoms with Gasteiger partial charge in [0.05, 0.1) is 0 Å². The Hall–Kier alpha value is -0.950. The number of alkyl halides is 6. The van der Waals surface area contributed by atoms with Crippen molar-refractivity contribution < 1.29 is 35.9 Å². The summed E-state index contributed by atoms with van der Waals surface area (Å²) in [6.45, 7) is 0.441. The van der Waals surface area contributed by atoms with Crippen molar-refractivity contribution in [3.8, 4) is 0 Å². The summed E-state index contributed by atoms with van der Waals surface area (Å²) >= 11 is 0. The minimum absolute atomic E-state index is 0.441. The van der Waals surface area contributed by atoms with E-state index in [1.165, 1.54) is 0 Å². The van der Waals surface area contributed by atoms with Gasteiger partial charge in [-0.15, -0.1) is 0 Å². The van der Waals surface area contributed by atoms with Crippen LogP contribution in [0.5, 0.6) is 0 Å². The maximum absolute atomic E-state index is 12.0. The molecule has 0 saturated carbocycles. The summed E-state index contributed by atoms with van der Waals surface area (Å²) in [6.07, 6.45) is -15.5. The predicted octanol–water partition coefficient (Wildman–Crippen LogP) is 2.04. The zero-order valence-electron chi connectivity index (χ0n) is 6.16. The molecule has 8 heteroatoms. The Bertz CT molecular complexity index is 198. The molecule has 0 rings (SSSR count). The Labute approximate surface area is 68.5 Å². The number of ether oxygens (including phenoxy) is 1. The van der Waals surface area contributed by atoms with Crippen molar-refractivity contribution in [2.75, 3.05) is 0 Å². The van der Waals surface area contributed by atoms with Gasteiger partial charge in [-0.25, -0.2) is 4.39 Å². The van der Waals surface area contributed by atoms with Crippen LogP contribution >= 0.6 is 0 Å². The van der Waals surface area contributed by atoms with E-state index < -0.39 is 24.4 Å². The predicted molar refractivity (Wildman–Crippen MR) is 27.7 cm³/mol. The Morgan fingerprint density at radius 3 is 1.85 bits per heavy atom. The first kappa shape index (κ1) is 12.0. The van der Waals surface area contributed by atoms with E-state index in [-0.39, 0.29) is 0 Å². The van der Waals surface area contributed by atoms with Crippen LogP contribution < -0.4 is 0 Å². The van der Waals surface area contributed by atoms with Crippen LogP contribution in [0.4, 0.5) is 26.3 Å². The molecule has 0 aliphatic heterocycles. The molecular formula is C5H4F6O2. The second kappa shape index (κ2) is 3.43. The Kier molecular flexibility index (Phi) is 3.18. The van der Waals surface area contributed by atoms with Crippen molar-refractivity contribution in [3.05, 3.63) is 0 Å². The molecular weight excluding hydrogens is 206 g/mol. The van der Waals surface area contributed by atoms with Crippen molar-refractivity contribution in [2.45, 2.75) is 25.4 Å². The SMILES string of the molecule is CC(=O)OC(F)(F)C(F)C(F)(F)F. The fourth-order valence-corrected chi connectivity index (χ4v) is 0.434. The van der Waals surface area contributed by atoms with E-state index in [9.17, 15) is 31.1 Å². The fraction of sp³-hybridized carbons (Fsp3) is 0.800. The molecule has 0 N–H and O–H groups in total.